The molecular formula is C13H16N4. The predicted octanol–water partition coefficient (Wildman–Crippen LogP) is 1.87. The van der Waals surface area contributed by atoms with E-state index in [0.29, 0.717) is 12.1 Å². The summed E-state index contributed by atoms with van der Waals surface area (Å²) in [6.07, 6.45) is 8.14. The molecule has 0 radical (unpaired) electrons. The van der Waals surface area contributed by atoms with Gasteiger partial charge in [0.15, 0.2) is 0 Å². The molecule has 0 atom stereocenters. The van der Waals surface area contributed by atoms with Crippen LogP contribution in [0.15, 0.2) is 36.8 Å². The van der Waals surface area contributed by atoms with Gasteiger partial charge in [-0.1, -0.05) is 6.07 Å². The minimum Gasteiger partial charge on any atom is -0.317 e. The van der Waals surface area contributed by atoms with Crippen LogP contribution < -0.4 is 5.32 Å². The summed E-state index contributed by atoms with van der Waals surface area (Å²) in [4.78, 5) is 4.33. The van der Waals surface area contributed by atoms with Gasteiger partial charge in [0.25, 0.3) is 0 Å². The minimum absolute atomic E-state index is 0.546. The molecule has 17 heavy (non-hydrogen) atoms. The zero-order valence-electron chi connectivity index (χ0n) is 9.87. The molecule has 1 aliphatic rings. The molecule has 0 amide bonds. The molecule has 0 aliphatic heterocycles. The van der Waals surface area contributed by atoms with Crippen molar-refractivity contribution in [2.24, 2.45) is 0 Å². The fourth-order valence-electron chi connectivity index (χ4n) is 2.24. The molecule has 2 heterocycles. The second-order valence-electron chi connectivity index (χ2n) is 4.53. The Bertz CT molecular complexity index is 485. The van der Waals surface area contributed by atoms with Gasteiger partial charge in [-0.15, -0.1) is 0 Å². The van der Waals surface area contributed by atoms with Gasteiger partial charge in [-0.25, -0.2) is 0 Å². The first-order valence-electron chi connectivity index (χ1n) is 5.99. The number of hydrogen-bond acceptors (Lipinski definition) is 3. The van der Waals surface area contributed by atoms with Crippen molar-refractivity contribution in [3.8, 4) is 11.3 Å². The molecule has 1 saturated carbocycles. The highest BCUT2D eigenvalue weighted by Crippen LogP contribution is 2.32. The highest BCUT2D eigenvalue weighted by Gasteiger charge is 2.29. The quantitative estimate of drug-likeness (QED) is 0.872. The molecule has 88 valence electrons. The van der Waals surface area contributed by atoms with Gasteiger partial charge < -0.3 is 5.32 Å². The van der Waals surface area contributed by atoms with Gasteiger partial charge in [0.2, 0.25) is 0 Å². The predicted molar refractivity (Wildman–Crippen MR) is 66.6 cm³/mol. The van der Waals surface area contributed by atoms with Crippen LogP contribution in [0.3, 0.4) is 0 Å². The topological polar surface area (TPSA) is 42.7 Å². The molecular weight excluding hydrogens is 212 g/mol. The van der Waals surface area contributed by atoms with Gasteiger partial charge in [-0.2, -0.15) is 5.10 Å². The van der Waals surface area contributed by atoms with Crippen molar-refractivity contribution in [3.05, 3.63) is 36.8 Å². The zero-order chi connectivity index (χ0) is 11.7. The second kappa shape index (κ2) is 4.30. The second-order valence-corrected chi connectivity index (χ2v) is 4.53. The lowest BCUT2D eigenvalue weighted by Crippen LogP contribution is -2.40. The third-order valence-electron chi connectivity index (χ3n) is 3.46. The van der Waals surface area contributed by atoms with E-state index in [4.69, 9.17) is 0 Å². The Morgan fingerprint density at radius 2 is 2.24 bits per heavy atom. The van der Waals surface area contributed by atoms with Crippen LogP contribution in [0.2, 0.25) is 0 Å². The first-order valence-corrected chi connectivity index (χ1v) is 5.99. The smallest absolute Gasteiger partial charge is 0.0733 e. The number of aromatic nitrogens is 3. The van der Waals surface area contributed by atoms with Gasteiger partial charge >= 0.3 is 0 Å². The molecule has 2 aromatic heterocycles. The average molecular weight is 228 g/mol. The molecule has 2 aromatic rings. The van der Waals surface area contributed by atoms with Crippen molar-refractivity contribution in [1.82, 2.24) is 20.1 Å². The van der Waals surface area contributed by atoms with Crippen LogP contribution in [0.25, 0.3) is 11.3 Å². The van der Waals surface area contributed by atoms with Crippen LogP contribution in [0.4, 0.5) is 0 Å². The fraction of sp³-hybridized carbons (Fsp3) is 0.385. The zero-order valence-corrected chi connectivity index (χ0v) is 9.87. The van der Waals surface area contributed by atoms with Gasteiger partial charge in [0.05, 0.1) is 17.9 Å². The summed E-state index contributed by atoms with van der Waals surface area (Å²) in [7, 11) is 2.02. The highest BCUT2D eigenvalue weighted by molar-refractivity contribution is 5.56. The molecule has 0 spiro atoms. The normalized spacial score (nSPS) is 23.4. The third-order valence-corrected chi connectivity index (χ3v) is 3.46. The number of hydrogen-bond donors (Lipinski definition) is 1. The van der Waals surface area contributed by atoms with Crippen LogP contribution in [0, 0.1) is 0 Å². The Morgan fingerprint density at radius 1 is 1.35 bits per heavy atom. The van der Waals surface area contributed by atoms with Gasteiger partial charge in [-0.05, 0) is 32.0 Å². The Hall–Kier alpha value is -1.68. The molecule has 0 unspecified atom stereocenters. The summed E-state index contributed by atoms with van der Waals surface area (Å²) in [6, 6.07) is 7.14. The first kappa shape index (κ1) is 10.5. The summed E-state index contributed by atoms with van der Waals surface area (Å²) in [5, 5.41) is 7.72. The number of rotatable bonds is 3. The summed E-state index contributed by atoms with van der Waals surface area (Å²) < 4.78 is 2.07. The fourth-order valence-corrected chi connectivity index (χ4v) is 2.24. The van der Waals surface area contributed by atoms with Crippen LogP contribution in [0.1, 0.15) is 18.9 Å². The number of nitrogens with zero attached hydrogens (tertiary/aromatic N) is 3. The summed E-state index contributed by atoms with van der Waals surface area (Å²) in [6.45, 7) is 0. The monoisotopic (exact) mass is 228 g/mol. The van der Waals surface area contributed by atoms with Crippen LogP contribution in [-0.4, -0.2) is 27.9 Å². The van der Waals surface area contributed by atoms with Crippen molar-refractivity contribution in [1.29, 1.82) is 0 Å². The minimum atomic E-state index is 0.546. The first-order chi connectivity index (χ1) is 8.36. The Morgan fingerprint density at radius 3 is 2.94 bits per heavy atom. The van der Waals surface area contributed by atoms with E-state index in [1.807, 2.05) is 37.6 Å². The summed E-state index contributed by atoms with van der Waals surface area (Å²) in [5.74, 6) is 0. The standard InChI is InChI=1S/C13H16N4/c1-14-11-6-12(7-11)17-9-10(8-16-17)13-4-2-3-5-15-13/h2-5,8-9,11-12,14H,6-7H2,1H3. The number of pyridine rings is 1. The van der Waals surface area contributed by atoms with E-state index in [1.165, 1.54) is 12.8 Å². The van der Waals surface area contributed by atoms with Crippen molar-refractivity contribution >= 4 is 0 Å². The van der Waals surface area contributed by atoms with Crippen LogP contribution in [0.5, 0.6) is 0 Å². The summed E-state index contributed by atoms with van der Waals surface area (Å²) >= 11 is 0. The Labute approximate surface area is 101 Å². The van der Waals surface area contributed by atoms with E-state index in [0.717, 1.165) is 11.3 Å². The van der Waals surface area contributed by atoms with Crippen molar-refractivity contribution < 1.29 is 0 Å². The maximum absolute atomic E-state index is 4.43. The van der Waals surface area contributed by atoms with Crippen molar-refractivity contribution in [2.75, 3.05) is 7.05 Å². The van der Waals surface area contributed by atoms with Crippen molar-refractivity contribution in [2.45, 2.75) is 24.9 Å². The van der Waals surface area contributed by atoms with E-state index >= 15 is 0 Å². The van der Waals surface area contributed by atoms with E-state index in [9.17, 15) is 0 Å². The molecule has 1 N–H and O–H groups in total. The lowest BCUT2D eigenvalue weighted by Gasteiger charge is -2.35. The molecule has 0 aromatic carbocycles. The Kier molecular flexibility index (Phi) is 2.65. The average Bonchev–Trinajstić information content (AvgIpc) is 2.78. The van der Waals surface area contributed by atoms with Crippen molar-refractivity contribution in [3.63, 3.8) is 0 Å². The maximum atomic E-state index is 4.43. The summed E-state index contributed by atoms with van der Waals surface area (Å²) in [5.41, 5.74) is 2.08. The molecule has 1 aliphatic carbocycles. The van der Waals surface area contributed by atoms with E-state index < -0.39 is 0 Å². The van der Waals surface area contributed by atoms with E-state index in [-0.39, 0.29) is 0 Å². The Balaban J connectivity index is 1.76. The number of nitrogens with one attached hydrogen (secondary N) is 1. The van der Waals surface area contributed by atoms with Gasteiger partial charge in [-0.3, -0.25) is 9.67 Å². The molecule has 4 heteroatoms. The third kappa shape index (κ3) is 1.96. The van der Waals surface area contributed by atoms with Gasteiger partial charge in [0, 0.05) is 24.0 Å². The molecule has 0 bridgehead atoms. The molecule has 1 fully saturated rings. The van der Waals surface area contributed by atoms with Crippen LogP contribution >= 0.6 is 0 Å². The molecule has 3 rings (SSSR count). The van der Waals surface area contributed by atoms with Gasteiger partial charge in [0.1, 0.15) is 0 Å². The molecule has 0 saturated heterocycles. The molecule has 4 nitrogen and oxygen atoms in total. The van der Waals surface area contributed by atoms with Crippen LogP contribution in [-0.2, 0) is 0 Å². The lowest BCUT2D eigenvalue weighted by molar-refractivity contribution is 0.220. The van der Waals surface area contributed by atoms with E-state index in [1.54, 1.807) is 0 Å². The largest absolute Gasteiger partial charge is 0.317 e. The SMILES string of the molecule is CNC1CC(n2cc(-c3ccccn3)cn2)C1. The maximum Gasteiger partial charge on any atom is 0.0733 e. The lowest BCUT2D eigenvalue weighted by atomic mass is 9.87. The van der Waals surface area contributed by atoms with E-state index in [2.05, 4.69) is 26.3 Å². The highest BCUT2D eigenvalue weighted by atomic mass is 15.3.